The third-order valence-corrected chi connectivity index (χ3v) is 10.7. The van der Waals surface area contributed by atoms with Crippen molar-refractivity contribution < 1.29 is 68.3 Å². The van der Waals surface area contributed by atoms with Gasteiger partial charge in [0.05, 0.1) is 31.7 Å². The van der Waals surface area contributed by atoms with Gasteiger partial charge in [-0.3, -0.25) is 43.0 Å². The Hall–Kier alpha value is -2.77. The maximum absolute atomic E-state index is 12.5. The Morgan fingerprint density at radius 3 is 1.84 bits per heavy atom. The van der Waals surface area contributed by atoms with Crippen LogP contribution in [0, 0.1) is 0 Å². The van der Waals surface area contributed by atoms with E-state index in [4.69, 9.17) is 0 Å². The highest BCUT2D eigenvalue weighted by Gasteiger charge is 2.59. The molecule has 0 aliphatic carbocycles. The lowest BCUT2D eigenvalue weighted by atomic mass is 10.1. The third kappa shape index (κ3) is 11.3. The van der Waals surface area contributed by atoms with Crippen molar-refractivity contribution in [3.05, 3.63) is 18.2 Å². The first-order valence-electron chi connectivity index (χ1n) is 13.3. The molecule has 1 unspecified atom stereocenters. The Morgan fingerprint density at radius 2 is 1.39 bits per heavy atom. The highest BCUT2D eigenvalue weighted by molar-refractivity contribution is 7.72. The summed E-state index contributed by atoms with van der Waals surface area (Å²) < 4.78 is 24.0. The summed E-state index contributed by atoms with van der Waals surface area (Å²) in [6.45, 7) is -0.417. The summed E-state index contributed by atoms with van der Waals surface area (Å²) in [7, 11) is -11.3. The minimum Gasteiger partial charge on any atom is -0.480 e. The van der Waals surface area contributed by atoms with Crippen LogP contribution in [-0.2, 0) is 41.3 Å². The minimum absolute atomic E-state index is 0.00680. The number of hydrogen-bond donors (Lipinski definition) is 9. The minimum atomic E-state index is -5.67. The zero-order valence-electron chi connectivity index (χ0n) is 23.6. The Labute approximate surface area is 251 Å². The van der Waals surface area contributed by atoms with Crippen molar-refractivity contribution >= 4 is 39.0 Å². The second-order valence-corrected chi connectivity index (χ2v) is 14.3. The van der Waals surface area contributed by atoms with Gasteiger partial charge < -0.3 is 49.9 Å². The fourth-order valence-electron chi connectivity index (χ4n) is 4.54. The summed E-state index contributed by atoms with van der Waals surface area (Å²) in [5.74, 6) is -3.87. The molecular formula is C22H38N6O14P2. The van der Waals surface area contributed by atoms with E-state index in [-0.39, 0.29) is 83.9 Å². The van der Waals surface area contributed by atoms with Crippen LogP contribution >= 0.6 is 15.2 Å². The molecule has 22 heteroatoms. The van der Waals surface area contributed by atoms with Crippen molar-refractivity contribution in [1.29, 1.82) is 0 Å². The number of nitrogens with zero attached hydrogens (tertiary/aromatic N) is 5. The van der Waals surface area contributed by atoms with Gasteiger partial charge in [-0.2, -0.15) is 0 Å². The molecule has 1 fully saturated rings. The second-order valence-electron chi connectivity index (χ2n) is 10.3. The smallest absolute Gasteiger partial charge is 0.371 e. The van der Waals surface area contributed by atoms with Gasteiger partial charge in [0.25, 0.3) is 5.08 Å². The van der Waals surface area contributed by atoms with Gasteiger partial charge in [-0.1, -0.05) is 0 Å². The molecular weight excluding hydrogens is 634 g/mol. The van der Waals surface area contributed by atoms with E-state index >= 15 is 0 Å². The lowest BCUT2D eigenvalue weighted by Gasteiger charge is -2.30. The number of carboxylic acid groups (broad SMARTS) is 3. The highest BCUT2D eigenvalue weighted by Crippen LogP contribution is 2.68. The van der Waals surface area contributed by atoms with Crippen LogP contribution in [0.1, 0.15) is 18.5 Å². The van der Waals surface area contributed by atoms with Crippen molar-refractivity contribution in [3.63, 3.8) is 0 Å². The van der Waals surface area contributed by atoms with E-state index < -0.39 is 56.7 Å². The van der Waals surface area contributed by atoms with Gasteiger partial charge in [0.1, 0.15) is 6.04 Å². The molecule has 0 bridgehead atoms. The molecule has 0 saturated carbocycles. The molecule has 1 aromatic rings. The normalized spacial score (nSPS) is 17.3. The Kier molecular flexibility index (Phi) is 13.6. The largest absolute Gasteiger partial charge is 0.480 e. The Morgan fingerprint density at radius 1 is 0.886 bits per heavy atom. The fraction of sp³-hybridized carbons (Fsp3) is 0.682. The summed E-state index contributed by atoms with van der Waals surface area (Å²) in [6, 6.07) is -1.12. The van der Waals surface area contributed by atoms with Crippen molar-refractivity contribution in [2.24, 2.45) is 0 Å². The molecule has 2 rings (SSSR count). The van der Waals surface area contributed by atoms with Crippen LogP contribution in [0.5, 0.6) is 0 Å². The molecule has 20 nitrogen and oxygen atoms in total. The number of aliphatic hydroxyl groups is 1. The van der Waals surface area contributed by atoms with Crippen LogP contribution in [0.25, 0.3) is 0 Å². The molecule has 0 radical (unpaired) electrons. The number of imidazole rings is 1. The predicted molar refractivity (Wildman–Crippen MR) is 148 cm³/mol. The standard InChI is InChI=1S/C22H38N6O14P2/c29-18(23-4-3-16-11-27(15-24-16)14-22(36,43(37,38)39)44(40,41)42)2-1-17(21(34)35)28-9-7-25(12-19(30)31)5-6-26(8-10-28)13-20(32)33/h11,15,17,36H,1-10,12-14H2,(H,23,29)(H,30,31)(H,32,33)(H,34,35)(H2,37,38,39)(H2,40,41,42). The monoisotopic (exact) mass is 672 g/mol. The van der Waals surface area contributed by atoms with Crippen molar-refractivity contribution in [2.45, 2.75) is 36.9 Å². The number of amides is 1. The average molecular weight is 673 g/mol. The number of carbonyl (C=O) groups is 4. The predicted octanol–water partition coefficient (Wildman–Crippen LogP) is -3.13. The van der Waals surface area contributed by atoms with Crippen LogP contribution < -0.4 is 5.32 Å². The topological polar surface area (TPSA) is 304 Å². The summed E-state index contributed by atoms with van der Waals surface area (Å²) in [4.78, 5) is 92.9. The second kappa shape index (κ2) is 16.0. The van der Waals surface area contributed by atoms with E-state index in [2.05, 4.69) is 10.3 Å². The molecule has 1 aliphatic rings. The summed E-state index contributed by atoms with van der Waals surface area (Å²) in [5.41, 5.74) is 0.251. The lowest BCUT2D eigenvalue weighted by Crippen LogP contribution is -2.47. The molecule has 250 valence electrons. The third-order valence-electron chi connectivity index (χ3n) is 6.95. The molecule has 2 heterocycles. The first-order valence-corrected chi connectivity index (χ1v) is 16.5. The molecule has 0 spiro atoms. The number of nitrogens with one attached hydrogen (secondary N) is 1. The number of aliphatic carboxylic acids is 3. The molecule has 1 aromatic heterocycles. The van der Waals surface area contributed by atoms with Gasteiger partial charge in [-0.05, 0) is 6.42 Å². The van der Waals surface area contributed by atoms with Gasteiger partial charge in [-0.15, -0.1) is 0 Å². The number of rotatable bonds is 16. The van der Waals surface area contributed by atoms with Gasteiger partial charge in [-0.25, -0.2) is 4.98 Å². The number of aromatic nitrogens is 2. The van der Waals surface area contributed by atoms with Crippen LogP contribution in [0.4, 0.5) is 0 Å². The van der Waals surface area contributed by atoms with Gasteiger partial charge in [0, 0.05) is 64.9 Å². The molecule has 0 aromatic carbocycles. The zero-order chi connectivity index (χ0) is 33.3. The van der Waals surface area contributed by atoms with Crippen molar-refractivity contribution in [2.75, 3.05) is 58.9 Å². The van der Waals surface area contributed by atoms with E-state index in [1.165, 1.54) is 6.20 Å². The van der Waals surface area contributed by atoms with Crippen LogP contribution in [-0.4, -0.2) is 158 Å². The Balaban J connectivity index is 1.96. The molecule has 1 atom stereocenters. The first-order chi connectivity index (χ1) is 20.3. The summed E-state index contributed by atoms with van der Waals surface area (Å²) in [5, 5.41) is 37.2. The van der Waals surface area contributed by atoms with Crippen LogP contribution in [0.3, 0.4) is 0 Å². The van der Waals surface area contributed by atoms with Gasteiger partial charge in [0.15, 0.2) is 0 Å². The van der Waals surface area contributed by atoms with E-state index in [0.29, 0.717) is 0 Å². The average Bonchev–Trinajstić information content (AvgIpc) is 3.34. The summed E-state index contributed by atoms with van der Waals surface area (Å²) in [6.07, 6.45) is 1.95. The van der Waals surface area contributed by atoms with Gasteiger partial charge in [0.2, 0.25) is 5.91 Å². The lowest BCUT2D eigenvalue weighted by molar-refractivity contribution is -0.144. The van der Waals surface area contributed by atoms with E-state index in [1.54, 1.807) is 14.7 Å². The first kappa shape index (κ1) is 37.4. The van der Waals surface area contributed by atoms with Crippen LogP contribution in [0.2, 0.25) is 0 Å². The van der Waals surface area contributed by atoms with E-state index in [0.717, 1.165) is 10.9 Å². The molecule has 9 N–H and O–H groups in total. The summed E-state index contributed by atoms with van der Waals surface area (Å²) >= 11 is 0. The van der Waals surface area contributed by atoms with E-state index in [9.17, 15) is 68.3 Å². The van der Waals surface area contributed by atoms with Crippen molar-refractivity contribution in [3.8, 4) is 0 Å². The SMILES string of the molecule is O=C(O)CN1CCN(CC(=O)O)CCN(C(CCC(=O)NCCc2cn(CC(O)(P(=O)(O)O)P(=O)(O)O)cn2)C(=O)O)CC1. The fourth-order valence-corrected chi connectivity index (χ4v) is 6.59. The quantitative estimate of drug-likeness (QED) is 0.0784. The Bertz CT molecular complexity index is 1220. The maximum atomic E-state index is 12.5. The molecule has 1 saturated heterocycles. The van der Waals surface area contributed by atoms with Gasteiger partial charge >= 0.3 is 33.1 Å². The highest BCUT2D eigenvalue weighted by atomic mass is 31.2. The number of hydrogen-bond acceptors (Lipinski definition) is 11. The molecule has 44 heavy (non-hydrogen) atoms. The van der Waals surface area contributed by atoms with Crippen molar-refractivity contribution in [1.82, 2.24) is 29.6 Å². The zero-order valence-corrected chi connectivity index (χ0v) is 25.4. The maximum Gasteiger partial charge on any atom is 0.371 e. The molecule has 1 aliphatic heterocycles. The molecule has 1 amide bonds. The number of carbonyl (C=O) groups excluding carboxylic acids is 1. The van der Waals surface area contributed by atoms with Crippen LogP contribution in [0.15, 0.2) is 12.5 Å². The number of carboxylic acids is 3. The van der Waals surface area contributed by atoms with E-state index in [1.807, 2.05) is 0 Å².